The Hall–Kier alpha value is -1.19. The topological polar surface area (TPSA) is 63.4 Å². The van der Waals surface area contributed by atoms with Crippen LogP contribution in [0.5, 0.6) is 0 Å². The van der Waals surface area contributed by atoms with Gasteiger partial charge in [0.05, 0.1) is 21.5 Å². The molecule has 0 bridgehead atoms. The van der Waals surface area contributed by atoms with Crippen molar-refractivity contribution in [3.63, 3.8) is 0 Å². The minimum Gasteiger partial charge on any atom is -0.392 e. The van der Waals surface area contributed by atoms with Crippen molar-refractivity contribution in [2.45, 2.75) is 30.0 Å². The Kier molecular flexibility index (Phi) is 4.27. The number of rotatable bonds is 3. The lowest BCUT2D eigenvalue weighted by Crippen LogP contribution is -2.43. The molecule has 1 aromatic carbocycles. The molecule has 116 valence electrons. The molecule has 1 heterocycles. The molecule has 1 fully saturated rings. The summed E-state index contributed by atoms with van der Waals surface area (Å²) in [6, 6.07) is 3.38. The summed E-state index contributed by atoms with van der Waals surface area (Å²) in [4.78, 5) is -0.791. The van der Waals surface area contributed by atoms with Gasteiger partial charge in [0.1, 0.15) is 0 Å². The van der Waals surface area contributed by atoms with E-state index in [1.807, 2.05) is 0 Å². The van der Waals surface area contributed by atoms with Gasteiger partial charge in [-0.15, -0.1) is 0 Å². The van der Waals surface area contributed by atoms with Gasteiger partial charge < -0.3 is 5.73 Å². The molecule has 2 rings (SSSR count). The molecule has 1 unspecified atom stereocenters. The maximum atomic E-state index is 13.0. The van der Waals surface area contributed by atoms with Crippen LogP contribution in [0, 0.1) is 0 Å². The number of alkyl halides is 3. The molecule has 2 N–H and O–H groups in total. The lowest BCUT2D eigenvalue weighted by Gasteiger charge is -2.24. The summed E-state index contributed by atoms with van der Waals surface area (Å²) < 4.78 is 65.0. The molecule has 21 heavy (non-hydrogen) atoms. The number of sulfonamides is 1. The van der Waals surface area contributed by atoms with Crippen molar-refractivity contribution >= 4 is 27.2 Å². The van der Waals surface area contributed by atoms with E-state index < -0.39 is 32.7 Å². The second-order valence-electron chi connectivity index (χ2n) is 4.67. The van der Waals surface area contributed by atoms with Crippen LogP contribution in [-0.4, -0.2) is 30.3 Å². The van der Waals surface area contributed by atoms with Crippen LogP contribution in [0.1, 0.15) is 18.4 Å². The van der Waals surface area contributed by atoms with Gasteiger partial charge >= 0.3 is 6.18 Å². The van der Waals surface area contributed by atoms with E-state index >= 15 is 0 Å². The smallest absolute Gasteiger partial charge is 0.392 e. The van der Waals surface area contributed by atoms with E-state index in [-0.39, 0.29) is 11.5 Å². The van der Waals surface area contributed by atoms with Crippen molar-refractivity contribution in [3.05, 3.63) is 29.8 Å². The van der Waals surface area contributed by atoms with Crippen molar-refractivity contribution in [2.75, 3.05) is 6.54 Å². The summed E-state index contributed by atoms with van der Waals surface area (Å²) in [7, 11) is -4.30. The molecule has 0 aromatic heterocycles. The van der Waals surface area contributed by atoms with E-state index in [2.05, 4.69) is 0 Å². The van der Waals surface area contributed by atoms with E-state index in [0.717, 1.165) is 22.5 Å². The maximum Gasteiger partial charge on any atom is 0.417 e. The highest BCUT2D eigenvalue weighted by molar-refractivity contribution is 7.89. The number of nitrogens with two attached hydrogens (primary N) is 1. The van der Waals surface area contributed by atoms with Crippen LogP contribution in [0.2, 0.25) is 0 Å². The average molecular weight is 338 g/mol. The Morgan fingerprint density at radius 2 is 1.95 bits per heavy atom. The molecular weight excluding hydrogens is 325 g/mol. The van der Waals surface area contributed by atoms with Gasteiger partial charge in [-0.2, -0.15) is 17.5 Å². The van der Waals surface area contributed by atoms with Crippen molar-refractivity contribution in [3.8, 4) is 0 Å². The SMILES string of the molecule is NC(=S)C1CCCN1S(=O)(=O)c1ccccc1C(F)(F)F. The second kappa shape index (κ2) is 5.54. The zero-order valence-electron chi connectivity index (χ0n) is 10.8. The van der Waals surface area contributed by atoms with Gasteiger partial charge in [0.15, 0.2) is 0 Å². The number of hydrogen-bond acceptors (Lipinski definition) is 3. The molecule has 1 aromatic rings. The fraction of sp³-hybridized carbons (Fsp3) is 0.417. The van der Waals surface area contributed by atoms with E-state index in [0.29, 0.717) is 12.8 Å². The molecule has 1 aliphatic heterocycles. The number of halogens is 3. The number of thiocarbonyl (C=S) groups is 1. The lowest BCUT2D eigenvalue weighted by molar-refractivity contribution is -0.139. The quantitative estimate of drug-likeness (QED) is 0.858. The molecule has 9 heteroatoms. The summed E-state index contributed by atoms with van der Waals surface area (Å²) in [6.07, 6.45) is -3.82. The molecule has 0 saturated carbocycles. The zero-order valence-corrected chi connectivity index (χ0v) is 12.4. The summed E-state index contributed by atoms with van der Waals surface area (Å²) in [5, 5.41) is 0. The summed E-state index contributed by atoms with van der Waals surface area (Å²) in [6.45, 7) is 0.108. The summed E-state index contributed by atoms with van der Waals surface area (Å²) in [5.41, 5.74) is 4.31. The molecule has 1 atom stereocenters. The largest absolute Gasteiger partial charge is 0.417 e. The van der Waals surface area contributed by atoms with Gasteiger partial charge in [0.25, 0.3) is 0 Å². The Balaban J connectivity index is 2.53. The van der Waals surface area contributed by atoms with Crippen LogP contribution in [0.4, 0.5) is 13.2 Å². The van der Waals surface area contributed by atoms with Crippen LogP contribution in [-0.2, 0) is 16.2 Å². The molecular formula is C12H13F3N2O2S2. The number of benzene rings is 1. The fourth-order valence-electron chi connectivity index (χ4n) is 2.36. The van der Waals surface area contributed by atoms with Gasteiger partial charge in [-0.1, -0.05) is 24.4 Å². The highest BCUT2D eigenvalue weighted by Gasteiger charge is 2.42. The van der Waals surface area contributed by atoms with E-state index in [1.165, 1.54) is 6.07 Å². The van der Waals surface area contributed by atoms with Crippen LogP contribution in [0.15, 0.2) is 29.2 Å². The predicted molar refractivity (Wildman–Crippen MR) is 75.1 cm³/mol. The monoisotopic (exact) mass is 338 g/mol. The zero-order chi connectivity index (χ0) is 15.8. The first-order valence-electron chi connectivity index (χ1n) is 6.13. The summed E-state index contributed by atoms with van der Waals surface area (Å²) in [5.74, 6) is 0. The van der Waals surface area contributed by atoms with Crippen LogP contribution in [0.25, 0.3) is 0 Å². The molecule has 0 amide bonds. The molecule has 1 aliphatic rings. The lowest BCUT2D eigenvalue weighted by atomic mass is 10.2. The standard InChI is InChI=1S/C12H13F3N2O2S2/c13-12(14,15)8-4-1-2-6-10(8)21(18,19)17-7-3-5-9(17)11(16)20/h1-2,4,6,9H,3,5,7H2,(H2,16,20). The average Bonchev–Trinajstić information content (AvgIpc) is 2.88. The van der Waals surface area contributed by atoms with Crippen LogP contribution in [0.3, 0.4) is 0 Å². The van der Waals surface area contributed by atoms with E-state index in [9.17, 15) is 21.6 Å². The first-order valence-corrected chi connectivity index (χ1v) is 7.98. The summed E-state index contributed by atoms with van der Waals surface area (Å²) >= 11 is 4.81. The third-order valence-corrected chi connectivity index (χ3v) is 5.55. The Morgan fingerprint density at radius 3 is 2.52 bits per heavy atom. The molecule has 0 spiro atoms. The normalized spacial score (nSPS) is 20.6. The minimum atomic E-state index is -4.75. The Bertz CT molecular complexity index is 659. The molecule has 4 nitrogen and oxygen atoms in total. The maximum absolute atomic E-state index is 13.0. The third-order valence-electron chi connectivity index (χ3n) is 3.31. The van der Waals surface area contributed by atoms with Crippen molar-refractivity contribution < 1.29 is 21.6 Å². The first-order chi connectivity index (χ1) is 9.65. The highest BCUT2D eigenvalue weighted by atomic mass is 32.2. The molecule has 1 saturated heterocycles. The van der Waals surface area contributed by atoms with Gasteiger partial charge in [0, 0.05) is 6.54 Å². The van der Waals surface area contributed by atoms with Gasteiger partial charge in [-0.25, -0.2) is 8.42 Å². The van der Waals surface area contributed by atoms with Gasteiger partial charge in [0.2, 0.25) is 10.0 Å². The van der Waals surface area contributed by atoms with Gasteiger partial charge in [-0.3, -0.25) is 0 Å². The molecule has 0 radical (unpaired) electrons. The number of nitrogens with zero attached hydrogens (tertiary/aromatic N) is 1. The number of hydrogen-bond donors (Lipinski definition) is 1. The van der Waals surface area contributed by atoms with Crippen LogP contribution < -0.4 is 5.73 Å². The van der Waals surface area contributed by atoms with E-state index in [1.54, 1.807) is 0 Å². The highest BCUT2D eigenvalue weighted by Crippen LogP contribution is 2.36. The Morgan fingerprint density at radius 1 is 1.33 bits per heavy atom. The fourth-order valence-corrected chi connectivity index (χ4v) is 4.56. The predicted octanol–water partition coefficient (Wildman–Crippen LogP) is 2.14. The van der Waals surface area contributed by atoms with Crippen molar-refractivity contribution in [1.82, 2.24) is 4.31 Å². The van der Waals surface area contributed by atoms with Crippen molar-refractivity contribution in [1.29, 1.82) is 0 Å². The first kappa shape index (κ1) is 16.2. The second-order valence-corrected chi connectivity index (χ2v) is 7.00. The minimum absolute atomic E-state index is 0.0273. The van der Waals surface area contributed by atoms with Gasteiger partial charge in [-0.05, 0) is 25.0 Å². The third kappa shape index (κ3) is 3.04. The van der Waals surface area contributed by atoms with Crippen LogP contribution >= 0.6 is 12.2 Å². The Labute approximate surface area is 125 Å². The van der Waals surface area contributed by atoms with E-state index in [4.69, 9.17) is 18.0 Å². The molecule has 0 aliphatic carbocycles. The van der Waals surface area contributed by atoms with Crippen molar-refractivity contribution in [2.24, 2.45) is 5.73 Å².